The van der Waals surface area contributed by atoms with E-state index in [-0.39, 0.29) is 31.7 Å². The first-order valence-corrected chi connectivity index (χ1v) is 10.7. The Balaban J connectivity index is 2.69. The normalized spacial score (nSPS) is 10.5. The molecule has 2 aromatic carbocycles. The van der Waals surface area contributed by atoms with E-state index in [4.69, 9.17) is 9.47 Å². The number of carbonyl (C=O) groups is 5. The molecule has 9 nitrogen and oxygen atoms in total. The van der Waals surface area contributed by atoms with Crippen molar-refractivity contribution in [1.82, 2.24) is 0 Å². The predicted octanol–water partition coefficient (Wildman–Crippen LogP) is 4.16. The number of hydrogen-bond donors (Lipinski definition) is 2. The molecule has 2 rings (SSSR count). The largest absolute Gasteiger partial charge is 0.504 e. The summed E-state index contributed by atoms with van der Waals surface area (Å²) in [5.41, 5.74) is -0.869. The molecule has 2 aromatic rings. The topological polar surface area (TPSA) is 144 Å². The van der Waals surface area contributed by atoms with Crippen LogP contribution in [-0.2, 0) is 16.1 Å². The second-order valence-corrected chi connectivity index (χ2v) is 7.37. The minimum absolute atomic E-state index is 0.123. The molecular formula is C25H26O9. The van der Waals surface area contributed by atoms with Crippen LogP contribution in [0.25, 0.3) is 0 Å². The number of phenols is 2. The van der Waals surface area contributed by atoms with Gasteiger partial charge in [-0.2, -0.15) is 0 Å². The molecule has 0 radical (unpaired) electrons. The Morgan fingerprint density at radius 1 is 0.824 bits per heavy atom. The summed E-state index contributed by atoms with van der Waals surface area (Å²) in [5.74, 6) is -6.34. The molecule has 0 unspecified atom stereocenters. The van der Waals surface area contributed by atoms with Gasteiger partial charge in [0, 0.05) is 24.8 Å². The van der Waals surface area contributed by atoms with Gasteiger partial charge in [0.05, 0.1) is 16.7 Å². The molecule has 34 heavy (non-hydrogen) atoms. The Kier molecular flexibility index (Phi) is 8.66. The van der Waals surface area contributed by atoms with Gasteiger partial charge in [-0.15, -0.1) is 0 Å². The minimum Gasteiger partial charge on any atom is -0.504 e. The van der Waals surface area contributed by atoms with E-state index >= 15 is 0 Å². The van der Waals surface area contributed by atoms with Crippen molar-refractivity contribution in [3.63, 3.8) is 0 Å². The van der Waals surface area contributed by atoms with E-state index in [1.165, 1.54) is 33.8 Å². The van der Waals surface area contributed by atoms with Gasteiger partial charge < -0.3 is 19.7 Å². The molecule has 0 fully saturated rings. The van der Waals surface area contributed by atoms with Crippen molar-refractivity contribution in [2.45, 2.75) is 53.6 Å². The van der Waals surface area contributed by atoms with Crippen LogP contribution in [0.1, 0.15) is 94.0 Å². The molecular weight excluding hydrogens is 444 g/mol. The number of benzene rings is 2. The fourth-order valence-electron chi connectivity index (χ4n) is 3.18. The number of rotatable bonds is 10. The molecule has 0 atom stereocenters. The quantitative estimate of drug-likeness (QED) is 0.226. The van der Waals surface area contributed by atoms with Crippen molar-refractivity contribution in [2.75, 3.05) is 0 Å². The lowest BCUT2D eigenvalue weighted by Crippen LogP contribution is -2.20. The monoisotopic (exact) mass is 470 g/mol. The SMILES string of the molecule is CCC(=O)Oc1c(O)c(O)c(C(=O)CC)c(C(=O)OCc2cccc(C(C)=O)c2)c1C(=O)CC. The first-order valence-electron chi connectivity index (χ1n) is 10.7. The van der Waals surface area contributed by atoms with Crippen molar-refractivity contribution < 1.29 is 43.7 Å². The van der Waals surface area contributed by atoms with E-state index in [1.807, 2.05) is 0 Å². The zero-order chi connectivity index (χ0) is 25.6. The van der Waals surface area contributed by atoms with E-state index in [9.17, 15) is 34.2 Å². The van der Waals surface area contributed by atoms with Gasteiger partial charge in [0.1, 0.15) is 6.61 Å². The van der Waals surface area contributed by atoms with Crippen molar-refractivity contribution in [3.05, 3.63) is 52.1 Å². The highest BCUT2D eigenvalue weighted by Crippen LogP contribution is 2.45. The van der Waals surface area contributed by atoms with E-state index in [0.717, 1.165) is 0 Å². The number of esters is 2. The van der Waals surface area contributed by atoms with E-state index in [1.54, 1.807) is 18.2 Å². The van der Waals surface area contributed by atoms with E-state index in [2.05, 4.69) is 0 Å². The third kappa shape index (κ3) is 5.48. The molecule has 0 heterocycles. The van der Waals surface area contributed by atoms with Gasteiger partial charge in [-0.25, -0.2) is 4.79 Å². The summed E-state index contributed by atoms with van der Waals surface area (Å²) in [4.78, 5) is 62.1. The maximum Gasteiger partial charge on any atom is 0.340 e. The first-order chi connectivity index (χ1) is 16.1. The average Bonchev–Trinajstić information content (AvgIpc) is 2.84. The number of hydrogen-bond acceptors (Lipinski definition) is 9. The lowest BCUT2D eigenvalue weighted by Gasteiger charge is -2.19. The number of aromatic hydroxyl groups is 2. The van der Waals surface area contributed by atoms with Gasteiger partial charge in [-0.05, 0) is 18.6 Å². The molecule has 0 spiro atoms. The molecule has 0 bridgehead atoms. The predicted molar refractivity (Wildman–Crippen MR) is 121 cm³/mol. The van der Waals surface area contributed by atoms with Crippen LogP contribution in [0.4, 0.5) is 0 Å². The van der Waals surface area contributed by atoms with Crippen LogP contribution in [0.5, 0.6) is 17.2 Å². The Bertz CT molecular complexity index is 1160. The number of phenolic OH excluding ortho intramolecular Hbond substituents is 2. The Morgan fingerprint density at radius 2 is 1.44 bits per heavy atom. The standard InChI is InChI=1S/C25H26O9/c1-5-16(27)19-21(25(32)33-12-14-9-8-10-15(11-14)13(4)26)20(17(28)6-2)24(23(31)22(19)30)34-18(29)7-3/h8-11,30-31H,5-7,12H2,1-4H3. The van der Waals surface area contributed by atoms with Gasteiger partial charge in [-0.3, -0.25) is 19.2 Å². The molecule has 0 saturated carbocycles. The van der Waals surface area contributed by atoms with Crippen LogP contribution in [-0.4, -0.2) is 39.5 Å². The highest BCUT2D eigenvalue weighted by molar-refractivity contribution is 6.17. The van der Waals surface area contributed by atoms with E-state index in [0.29, 0.717) is 11.1 Å². The van der Waals surface area contributed by atoms with Crippen LogP contribution < -0.4 is 4.74 Å². The second-order valence-electron chi connectivity index (χ2n) is 7.37. The van der Waals surface area contributed by atoms with Crippen molar-refractivity contribution in [1.29, 1.82) is 0 Å². The Labute approximate surface area is 196 Å². The summed E-state index contributed by atoms with van der Waals surface area (Å²) < 4.78 is 10.4. The van der Waals surface area contributed by atoms with Crippen LogP contribution in [0.3, 0.4) is 0 Å². The summed E-state index contributed by atoms with van der Waals surface area (Å²) in [6, 6.07) is 6.33. The fourth-order valence-corrected chi connectivity index (χ4v) is 3.18. The molecule has 0 saturated heterocycles. The van der Waals surface area contributed by atoms with Crippen LogP contribution >= 0.6 is 0 Å². The number of ketones is 3. The molecule has 0 aliphatic rings. The van der Waals surface area contributed by atoms with Crippen molar-refractivity contribution in [3.8, 4) is 17.2 Å². The summed E-state index contributed by atoms with van der Waals surface area (Å²) in [6.07, 6.45) is -0.453. The zero-order valence-corrected chi connectivity index (χ0v) is 19.4. The van der Waals surface area contributed by atoms with Gasteiger partial charge in [0.25, 0.3) is 0 Å². The molecule has 0 aromatic heterocycles. The second kappa shape index (κ2) is 11.2. The molecule has 180 valence electrons. The average molecular weight is 470 g/mol. The maximum absolute atomic E-state index is 13.2. The highest BCUT2D eigenvalue weighted by atomic mass is 16.5. The van der Waals surface area contributed by atoms with Gasteiger partial charge in [0.15, 0.2) is 28.8 Å². The highest BCUT2D eigenvalue weighted by Gasteiger charge is 2.35. The maximum atomic E-state index is 13.2. The van der Waals surface area contributed by atoms with Gasteiger partial charge >= 0.3 is 11.9 Å². The summed E-state index contributed by atoms with van der Waals surface area (Å²) >= 11 is 0. The smallest absolute Gasteiger partial charge is 0.340 e. The van der Waals surface area contributed by atoms with Crippen molar-refractivity contribution in [2.24, 2.45) is 0 Å². The van der Waals surface area contributed by atoms with Crippen LogP contribution in [0.15, 0.2) is 24.3 Å². The summed E-state index contributed by atoms with van der Waals surface area (Å²) in [6.45, 7) is 5.48. The molecule has 9 heteroatoms. The Morgan fingerprint density at radius 3 is 2.00 bits per heavy atom. The van der Waals surface area contributed by atoms with Gasteiger partial charge in [0.2, 0.25) is 5.75 Å². The molecule has 0 aliphatic carbocycles. The third-order valence-electron chi connectivity index (χ3n) is 5.02. The lowest BCUT2D eigenvalue weighted by molar-refractivity contribution is -0.134. The third-order valence-corrected chi connectivity index (χ3v) is 5.02. The zero-order valence-electron chi connectivity index (χ0n) is 19.4. The fraction of sp³-hybridized carbons (Fsp3) is 0.320. The lowest BCUT2D eigenvalue weighted by atomic mass is 9.91. The van der Waals surface area contributed by atoms with Gasteiger partial charge in [-0.1, -0.05) is 39.0 Å². The number of carbonyl (C=O) groups excluding carboxylic acids is 5. The first kappa shape index (κ1) is 26.2. The van der Waals surface area contributed by atoms with Crippen LogP contribution in [0.2, 0.25) is 0 Å². The van der Waals surface area contributed by atoms with Crippen LogP contribution in [0, 0.1) is 0 Å². The van der Waals surface area contributed by atoms with E-state index < -0.39 is 57.4 Å². The summed E-state index contributed by atoms with van der Waals surface area (Å²) in [5, 5.41) is 21.0. The minimum atomic E-state index is -1.15. The van der Waals surface area contributed by atoms with Crippen molar-refractivity contribution >= 4 is 29.3 Å². The summed E-state index contributed by atoms with van der Waals surface area (Å²) in [7, 11) is 0. The molecule has 2 N–H and O–H groups in total. The number of Topliss-reactive ketones (excluding diaryl/α,β-unsaturated/α-hetero) is 3. The molecule has 0 amide bonds. The Hall–Kier alpha value is -4.01. The number of ether oxygens (including phenoxy) is 2. The molecule has 0 aliphatic heterocycles.